The zero-order chi connectivity index (χ0) is 18.6. The minimum atomic E-state index is -1.31. The van der Waals surface area contributed by atoms with Crippen molar-refractivity contribution in [2.45, 2.75) is 6.92 Å². The van der Waals surface area contributed by atoms with Crippen LogP contribution in [0.2, 0.25) is 0 Å². The predicted octanol–water partition coefficient (Wildman–Crippen LogP) is 2.98. The van der Waals surface area contributed by atoms with E-state index in [1.165, 1.54) is 18.2 Å². The van der Waals surface area contributed by atoms with Crippen LogP contribution >= 0.6 is 0 Å². The van der Waals surface area contributed by atoms with Crippen LogP contribution in [0.1, 0.15) is 15.9 Å². The van der Waals surface area contributed by atoms with Gasteiger partial charge in [-0.05, 0) is 30.7 Å². The lowest BCUT2D eigenvalue weighted by Gasteiger charge is -2.09. The van der Waals surface area contributed by atoms with Crippen LogP contribution < -0.4 is 5.32 Å². The molecule has 0 aromatic heterocycles. The Bertz CT molecular complexity index is 834. The summed E-state index contributed by atoms with van der Waals surface area (Å²) >= 11 is 0. The number of carbonyl (C=O) groups excluding carboxylic acids is 2. The summed E-state index contributed by atoms with van der Waals surface area (Å²) in [5.41, 5.74) is -0.323. The molecule has 0 heterocycles. The van der Waals surface area contributed by atoms with Crippen molar-refractivity contribution in [3.63, 3.8) is 0 Å². The fraction of sp³-hybridized carbons (Fsp3) is 0.125. The third-order valence-corrected chi connectivity index (χ3v) is 3.20. The second-order valence-corrected chi connectivity index (χ2v) is 4.98. The number of nitro benzene ring substituents is 1. The lowest BCUT2D eigenvalue weighted by molar-refractivity contribution is -0.384. The summed E-state index contributed by atoms with van der Waals surface area (Å²) in [6, 6.07) is 6.65. The maximum atomic E-state index is 13.4. The number of aryl methyl sites for hydroxylation is 1. The Morgan fingerprint density at radius 3 is 2.40 bits per heavy atom. The molecule has 25 heavy (non-hydrogen) atoms. The Balaban J connectivity index is 1.99. The highest BCUT2D eigenvalue weighted by Crippen LogP contribution is 2.21. The predicted molar refractivity (Wildman–Crippen MR) is 83.1 cm³/mol. The molecular formula is C16H12F2N2O5. The highest BCUT2D eigenvalue weighted by atomic mass is 19.1. The van der Waals surface area contributed by atoms with Crippen molar-refractivity contribution in [2.24, 2.45) is 0 Å². The molecule has 7 nitrogen and oxygen atoms in total. The maximum absolute atomic E-state index is 13.4. The van der Waals surface area contributed by atoms with Gasteiger partial charge in [-0.1, -0.05) is 6.07 Å². The number of benzene rings is 2. The Hall–Kier alpha value is -3.36. The van der Waals surface area contributed by atoms with Gasteiger partial charge in [-0.3, -0.25) is 14.9 Å². The first-order chi connectivity index (χ1) is 11.8. The van der Waals surface area contributed by atoms with Crippen molar-refractivity contribution in [3.05, 3.63) is 69.3 Å². The molecule has 1 amide bonds. The average Bonchev–Trinajstić information content (AvgIpc) is 2.54. The van der Waals surface area contributed by atoms with E-state index in [1.54, 1.807) is 6.92 Å². The minimum Gasteiger partial charge on any atom is -0.452 e. The van der Waals surface area contributed by atoms with Crippen molar-refractivity contribution in [1.29, 1.82) is 0 Å². The molecule has 0 saturated carbocycles. The Morgan fingerprint density at radius 2 is 1.84 bits per heavy atom. The van der Waals surface area contributed by atoms with Crippen molar-refractivity contribution in [1.82, 2.24) is 0 Å². The molecule has 0 aliphatic heterocycles. The van der Waals surface area contributed by atoms with Crippen molar-refractivity contribution in [3.8, 4) is 0 Å². The number of anilines is 1. The Labute approximate surface area is 140 Å². The normalized spacial score (nSPS) is 10.2. The zero-order valence-corrected chi connectivity index (χ0v) is 12.9. The number of non-ortho nitro benzene ring substituents is 1. The van der Waals surface area contributed by atoms with E-state index in [2.05, 4.69) is 10.1 Å². The number of rotatable bonds is 5. The van der Waals surface area contributed by atoms with Crippen molar-refractivity contribution < 1.29 is 28.0 Å². The molecule has 2 aromatic rings. The molecule has 0 saturated heterocycles. The monoisotopic (exact) mass is 350 g/mol. The van der Waals surface area contributed by atoms with E-state index in [9.17, 15) is 28.5 Å². The first kappa shape index (κ1) is 18.0. The summed E-state index contributed by atoms with van der Waals surface area (Å²) in [6.45, 7) is 0.770. The highest BCUT2D eigenvalue weighted by molar-refractivity contribution is 5.96. The highest BCUT2D eigenvalue weighted by Gasteiger charge is 2.19. The minimum absolute atomic E-state index is 0.142. The summed E-state index contributed by atoms with van der Waals surface area (Å²) in [4.78, 5) is 33.5. The van der Waals surface area contributed by atoms with Gasteiger partial charge in [0.15, 0.2) is 6.61 Å². The molecule has 2 rings (SSSR count). The van der Waals surface area contributed by atoms with Crippen LogP contribution in [0, 0.1) is 28.7 Å². The number of nitrogens with zero attached hydrogens (tertiary/aromatic N) is 1. The van der Waals surface area contributed by atoms with Crippen LogP contribution in [-0.2, 0) is 9.53 Å². The lowest BCUT2D eigenvalue weighted by Crippen LogP contribution is -2.22. The van der Waals surface area contributed by atoms with Gasteiger partial charge < -0.3 is 10.1 Å². The van der Waals surface area contributed by atoms with Gasteiger partial charge in [0.1, 0.15) is 17.2 Å². The Kier molecular flexibility index (Phi) is 5.38. The zero-order valence-electron chi connectivity index (χ0n) is 12.9. The quantitative estimate of drug-likeness (QED) is 0.508. The number of halogens is 2. The van der Waals surface area contributed by atoms with Gasteiger partial charge in [-0.25, -0.2) is 13.6 Å². The molecule has 130 valence electrons. The summed E-state index contributed by atoms with van der Waals surface area (Å²) in [5, 5.41) is 13.0. The van der Waals surface area contributed by atoms with Gasteiger partial charge in [0, 0.05) is 17.8 Å². The molecule has 0 spiro atoms. The standard InChI is InChI=1S/C16H12F2N2O5/c1-9-7-10(20(23)24)5-6-13(9)19-14(21)8-25-16(22)15-11(17)3-2-4-12(15)18/h2-7H,8H2,1H3,(H,19,21). The van der Waals surface area contributed by atoms with E-state index < -0.39 is 40.6 Å². The topological polar surface area (TPSA) is 98.5 Å². The third-order valence-electron chi connectivity index (χ3n) is 3.20. The fourth-order valence-corrected chi connectivity index (χ4v) is 1.98. The van der Waals surface area contributed by atoms with E-state index in [4.69, 9.17) is 0 Å². The van der Waals surface area contributed by atoms with Crippen molar-refractivity contribution in [2.75, 3.05) is 11.9 Å². The van der Waals surface area contributed by atoms with Crippen LogP contribution in [-0.4, -0.2) is 23.4 Å². The molecule has 0 bridgehead atoms. The summed E-state index contributed by atoms with van der Waals surface area (Å²) in [6.07, 6.45) is 0. The lowest BCUT2D eigenvalue weighted by atomic mass is 10.2. The number of amides is 1. The van der Waals surface area contributed by atoms with Crippen LogP contribution in [0.15, 0.2) is 36.4 Å². The number of hydrogen-bond donors (Lipinski definition) is 1. The number of carbonyl (C=O) groups is 2. The maximum Gasteiger partial charge on any atom is 0.344 e. The van der Waals surface area contributed by atoms with E-state index in [1.807, 2.05) is 0 Å². The molecule has 2 aromatic carbocycles. The van der Waals surface area contributed by atoms with Gasteiger partial charge >= 0.3 is 5.97 Å². The van der Waals surface area contributed by atoms with Gasteiger partial charge in [0.05, 0.1) is 4.92 Å². The van der Waals surface area contributed by atoms with Gasteiger partial charge in [0.25, 0.3) is 11.6 Å². The second-order valence-electron chi connectivity index (χ2n) is 4.98. The smallest absolute Gasteiger partial charge is 0.344 e. The molecular weight excluding hydrogens is 338 g/mol. The molecule has 0 fully saturated rings. The summed E-state index contributed by atoms with van der Waals surface area (Å²) in [7, 11) is 0. The van der Waals surface area contributed by atoms with Gasteiger partial charge in [-0.15, -0.1) is 0 Å². The average molecular weight is 350 g/mol. The Morgan fingerprint density at radius 1 is 1.20 bits per heavy atom. The summed E-state index contributed by atoms with van der Waals surface area (Å²) < 4.78 is 31.4. The fourth-order valence-electron chi connectivity index (χ4n) is 1.98. The number of nitro groups is 1. The van der Waals surface area contributed by atoms with Crippen LogP contribution in [0.4, 0.5) is 20.2 Å². The van der Waals surface area contributed by atoms with E-state index in [-0.39, 0.29) is 11.4 Å². The van der Waals surface area contributed by atoms with Crippen molar-refractivity contribution >= 4 is 23.3 Å². The molecule has 9 heteroatoms. The third kappa shape index (κ3) is 4.34. The van der Waals surface area contributed by atoms with E-state index in [0.717, 1.165) is 18.2 Å². The first-order valence-corrected chi connectivity index (χ1v) is 6.95. The molecule has 0 atom stereocenters. The molecule has 0 aliphatic rings. The number of nitrogens with one attached hydrogen (secondary N) is 1. The molecule has 0 unspecified atom stereocenters. The number of hydrogen-bond acceptors (Lipinski definition) is 5. The SMILES string of the molecule is Cc1cc([N+](=O)[O-])ccc1NC(=O)COC(=O)c1c(F)cccc1F. The summed E-state index contributed by atoms with van der Waals surface area (Å²) in [5.74, 6) is -4.28. The van der Waals surface area contributed by atoms with E-state index >= 15 is 0 Å². The van der Waals surface area contributed by atoms with Gasteiger partial charge in [0.2, 0.25) is 0 Å². The van der Waals surface area contributed by atoms with E-state index in [0.29, 0.717) is 5.56 Å². The van der Waals surface area contributed by atoms with Crippen LogP contribution in [0.25, 0.3) is 0 Å². The molecule has 0 radical (unpaired) electrons. The number of esters is 1. The first-order valence-electron chi connectivity index (χ1n) is 6.95. The number of ether oxygens (including phenoxy) is 1. The largest absolute Gasteiger partial charge is 0.452 e. The van der Waals surface area contributed by atoms with Crippen LogP contribution in [0.3, 0.4) is 0 Å². The molecule has 0 aliphatic carbocycles. The van der Waals surface area contributed by atoms with Crippen LogP contribution in [0.5, 0.6) is 0 Å². The second kappa shape index (κ2) is 7.47. The van der Waals surface area contributed by atoms with Gasteiger partial charge in [-0.2, -0.15) is 0 Å². The molecule has 1 N–H and O–H groups in total.